The number of fused-ring (bicyclic) bond motifs is 9. The van der Waals surface area contributed by atoms with Gasteiger partial charge in [0, 0.05) is 64.4 Å². The minimum absolute atomic E-state index is 0.101. The lowest BCUT2D eigenvalue weighted by atomic mass is 9.82. The molecule has 0 radical (unpaired) electrons. The quantitative estimate of drug-likeness (QED) is 0.167. The molecule has 9 aromatic carbocycles. The molecule has 0 amide bonds. The van der Waals surface area contributed by atoms with Crippen LogP contribution in [0.5, 0.6) is 0 Å². The number of rotatable bonds is 6. The van der Waals surface area contributed by atoms with Crippen molar-refractivity contribution < 1.29 is 4.42 Å². The van der Waals surface area contributed by atoms with E-state index in [1.165, 1.54) is 75.9 Å². The minimum Gasteiger partial charge on any atom is -0.455 e. The topological polar surface area (TPSA) is 16.4 Å². The van der Waals surface area contributed by atoms with E-state index in [2.05, 4.69) is 213 Å². The number of furan rings is 1. The monoisotopic (exact) mass is 785 g/mol. The molecule has 2 nitrogen and oxygen atoms in total. The first-order chi connectivity index (χ1) is 29.5. The van der Waals surface area contributed by atoms with Gasteiger partial charge in [0.1, 0.15) is 11.2 Å². The summed E-state index contributed by atoms with van der Waals surface area (Å²) in [6.07, 6.45) is 0. The summed E-state index contributed by atoms with van der Waals surface area (Å²) >= 11 is 1.88. The molecule has 3 heteroatoms. The lowest BCUT2D eigenvalue weighted by molar-refractivity contribution is 0.660. The van der Waals surface area contributed by atoms with Crippen molar-refractivity contribution in [3.05, 3.63) is 211 Å². The highest BCUT2D eigenvalue weighted by molar-refractivity contribution is 7.26. The Morgan fingerprint density at radius 1 is 0.400 bits per heavy atom. The lowest BCUT2D eigenvalue weighted by Crippen LogP contribution is -2.16. The Bertz CT molecular complexity index is 3440. The first-order valence-electron chi connectivity index (χ1n) is 20.7. The van der Waals surface area contributed by atoms with Gasteiger partial charge in [0.15, 0.2) is 0 Å². The number of anilines is 3. The number of hydrogen-bond donors (Lipinski definition) is 0. The summed E-state index contributed by atoms with van der Waals surface area (Å²) in [6.45, 7) is 4.71. The Morgan fingerprint density at radius 3 is 1.70 bits per heavy atom. The van der Waals surface area contributed by atoms with Gasteiger partial charge < -0.3 is 9.32 Å². The van der Waals surface area contributed by atoms with Crippen LogP contribution in [0.2, 0.25) is 0 Å². The first kappa shape index (κ1) is 34.8. The molecule has 0 bridgehead atoms. The molecule has 0 fully saturated rings. The molecule has 0 unspecified atom stereocenters. The highest BCUT2D eigenvalue weighted by Gasteiger charge is 2.37. The van der Waals surface area contributed by atoms with E-state index in [9.17, 15) is 0 Å². The zero-order valence-electron chi connectivity index (χ0n) is 33.3. The molecule has 0 saturated carbocycles. The van der Waals surface area contributed by atoms with E-state index >= 15 is 0 Å². The van der Waals surface area contributed by atoms with Crippen molar-refractivity contribution in [1.29, 1.82) is 0 Å². The van der Waals surface area contributed by atoms with Crippen molar-refractivity contribution >= 4 is 70.5 Å². The Labute approximate surface area is 353 Å². The van der Waals surface area contributed by atoms with Crippen molar-refractivity contribution in [3.8, 4) is 44.5 Å². The number of para-hydroxylation sites is 2. The molecule has 284 valence electrons. The van der Waals surface area contributed by atoms with E-state index in [0.717, 1.165) is 38.9 Å². The highest BCUT2D eigenvalue weighted by atomic mass is 32.1. The third-order valence-electron chi connectivity index (χ3n) is 12.7. The van der Waals surface area contributed by atoms with Gasteiger partial charge in [0.25, 0.3) is 0 Å². The number of hydrogen-bond acceptors (Lipinski definition) is 3. The SMILES string of the molecule is CC1(C)c2ccccc2-c2c(N(c3ccc(-c4ccccc4)cc3)c3ccc(-c4cccc5c4sc4c(-c6cccc7c6oc6ccccc67)cccc45)cc3)cccc21. The first-order valence-corrected chi connectivity index (χ1v) is 21.5. The van der Waals surface area contributed by atoms with E-state index in [1.54, 1.807) is 0 Å². The summed E-state index contributed by atoms with van der Waals surface area (Å²) in [5.41, 5.74) is 17.7. The normalized spacial score (nSPS) is 13.0. The lowest BCUT2D eigenvalue weighted by Gasteiger charge is -2.29. The van der Waals surface area contributed by atoms with Crippen LogP contribution in [0.25, 0.3) is 86.6 Å². The second kappa shape index (κ2) is 13.4. The van der Waals surface area contributed by atoms with Gasteiger partial charge in [0.2, 0.25) is 0 Å². The van der Waals surface area contributed by atoms with Crippen LogP contribution < -0.4 is 4.90 Å². The molecule has 11 aromatic rings. The highest BCUT2D eigenvalue weighted by Crippen LogP contribution is 2.54. The molecule has 1 aliphatic rings. The van der Waals surface area contributed by atoms with Crippen molar-refractivity contribution in [2.24, 2.45) is 0 Å². The van der Waals surface area contributed by atoms with Gasteiger partial charge in [-0.05, 0) is 75.3 Å². The van der Waals surface area contributed by atoms with E-state index in [0.29, 0.717) is 0 Å². The molecule has 0 atom stereocenters. The van der Waals surface area contributed by atoms with E-state index in [4.69, 9.17) is 4.42 Å². The van der Waals surface area contributed by atoms with Gasteiger partial charge in [-0.3, -0.25) is 0 Å². The fourth-order valence-electron chi connectivity index (χ4n) is 9.79. The molecule has 2 aromatic heterocycles. The molecule has 1 aliphatic carbocycles. The Balaban J connectivity index is 0.992. The third-order valence-corrected chi connectivity index (χ3v) is 14.0. The van der Waals surface area contributed by atoms with Crippen LogP contribution in [0.1, 0.15) is 25.0 Å². The maximum atomic E-state index is 6.53. The molecule has 2 heterocycles. The molecule has 0 aliphatic heterocycles. The summed E-state index contributed by atoms with van der Waals surface area (Å²) in [7, 11) is 0. The Hall–Kier alpha value is -7.20. The van der Waals surface area contributed by atoms with Gasteiger partial charge in [-0.15, -0.1) is 11.3 Å². The largest absolute Gasteiger partial charge is 0.455 e. The molecular formula is C57H39NOS. The Kier molecular flexibility index (Phi) is 7.79. The van der Waals surface area contributed by atoms with Gasteiger partial charge in [0.05, 0.1) is 5.69 Å². The fourth-order valence-corrected chi connectivity index (χ4v) is 11.2. The standard InChI is InChI=1S/C57H39NOS/c1-57(2)49-24-8-6-17-48(49)53-50(57)25-13-26-51(53)58(39-32-28-37(29-33-39)36-14-4-3-5-15-36)40-34-30-38(31-35-40)41-18-10-22-46-47-23-12-21-45(56(47)60-55(41)46)44-20-11-19-43-42-16-7-9-27-52(42)59-54(43)44/h3-35H,1-2H3. The fraction of sp³-hybridized carbons (Fsp3) is 0.0526. The van der Waals surface area contributed by atoms with Crippen LogP contribution >= 0.6 is 11.3 Å². The van der Waals surface area contributed by atoms with Crippen LogP contribution in [0.3, 0.4) is 0 Å². The predicted octanol–water partition coefficient (Wildman–Crippen LogP) is 16.7. The van der Waals surface area contributed by atoms with Crippen molar-refractivity contribution in [1.82, 2.24) is 0 Å². The van der Waals surface area contributed by atoms with Gasteiger partial charge in [-0.1, -0.05) is 178 Å². The number of benzene rings is 9. The van der Waals surface area contributed by atoms with Crippen molar-refractivity contribution in [2.45, 2.75) is 19.3 Å². The minimum atomic E-state index is -0.101. The van der Waals surface area contributed by atoms with Crippen LogP contribution in [-0.4, -0.2) is 0 Å². The predicted molar refractivity (Wildman–Crippen MR) is 255 cm³/mol. The zero-order chi connectivity index (χ0) is 40.0. The Morgan fingerprint density at radius 2 is 0.933 bits per heavy atom. The van der Waals surface area contributed by atoms with Gasteiger partial charge >= 0.3 is 0 Å². The summed E-state index contributed by atoms with van der Waals surface area (Å²) in [6, 6.07) is 72.9. The molecule has 0 saturated heterocycles. The van der Waals surface area contributed by atoms with Gasteiger partial charge in [-0.2, -0.15) is 0 Å². The summed E-state index contributed by atoms with van der Waals surface area (Å²) in [4.78, 5) is 2.44. The summed E-state index contributed by atoms with van der Waals surface area (Å²) in [5, 5.41) is 4.84. The van der Waals surface area contributed by atoms with Crippen LogP contribution in [0, 0.1) is 0 Å². The maximum Gasteiger partial charge on any atom is 0.143 e. The summed E-state index contributed by atoms with van der Waals surface area (Å²) < 4.78 is 9.09. The summed E-state index contributed by atoms with van der Waals surface area (Å²) in [5.74, 6) is 0. The van der Waals surface area contributed by atoms with Crippen molar-refractivity contribution in [3.63, 3.8) is 0 Å². The number of thiophene rings is 1. The molecule has 0 spiro atoms. The third kappa shape index (κ3) is 5.26. The zero-order valence-corrected chi connectivity index (χ0v) is 34.1. The molecular weight excluding hydrogens is 747 g/mol. The maximum absolute atomic E-state index is 6.53. The van der Waals surface area contributed by atoms with E-state index < -0.39 is 0 Å². The van der Waals surface area contributed by atoms with Crippen LogP contribution in [0.4, 0.5) is 17.1 Å². The number of nitrogens with zero attached hydrogens (tertiary/aromatic N) is 1. The molecule has 60 heavy (non-hydrogen) atoms. The van der Waals surface area contributed by atoms with Gasteiger partial charge in [-0.25, -0.2) is 0 Å². The average Bonchev–Trinajstić information content (AvgIpc) is 3.96. The smallest absolute Gasteiger partial charge is 0.143 e. The second-order valence-corrected chi connectivity index (χ2v) is 17.4. The molecule has 12 rings (SSSR count). The second-order valence-electron chi connectivity index (χ2n) is 16.4. The van der Waals surface area contributed by atoms with Crippen LogP contribution in [-0.2, 0) is 5.41 Å². The van der Waals surface area contributed by atoms with Crippen molar-refractivity contribution in [2.75, 3.05) is 4.90 Å². The molecule has 0 N–H and O–H groups in total. The van der Waals surface area contributed by atoms with E-state index in [1.807, 2.05) is 17.4 Å². The average molecular weight is 786 g/mol. The van der Waals surface area contributed by atoms with E-state index in [-0.39, 0.29) is 5.41 Å². The van der Waals surface area contributed by atoms with Crippen LogP contribution in [0.15, 0.2) is 205 Å².